The number of ether oxygens (including phenoxy) is 5. The highest BCUT2D eigenvalue weighted by Crippen LogP contribution is 2.36. The monoisotopic (exact) mass is 596 g/mol. The lowest BCUT2D eigenvalue weighted by atomic mass is 9.85. The molecule has 0 unspecified atom stereocenters. The molecule has 0 spiro atoms. The number of piperidine rings is 1. The van der Waals surface area contributed by atoms with Crippen molar-refractivity contribution in [3.8, 4) is 23.0 Å². The molecule has 0 aliphatic carbocycles. The van der Waals surface area contributed by atoms with Crippen LogP contribution < -0.4 is 24.4 Å². The Morgan fingerprint density at radius 3 is 2.62 bits per heavy atom. The van der Waals surface area contributed by atoms with E-state index in [1.807, 2.05) is 56.3 Å². The van der Waals surface area contributed by atoms with Gasteiger partial charge in [-0.05, 0) is 67.8 Å². The number of hydrogen-bond acceptors (Lipinski definition) is 8. The summed E-state index contributed by atoms with van der Waals surface area (Å²) in [4.78, 5) is 2.35. The summed E-state index contributed by atoms with van der Waals surface area (Å²) in [5.41, 5.74) is 3.17. The number of halogens is 1. The SMILES string of the molecule is COCCCN1CCOc2ccc(CO[C@H]3CNC[C@@H](O)[C@@H]3c3ccc(Oc4ccc(OC(C)C)c(Cl)c4)cc3)cc21. The first kappa shape index (κ1) is 30.4. The normalized spacial score (nSPS) is 20.2. The van der Waals surface area contributed by atoms with Crippen molar-refractivity contribution in [1.29, 1.82) is 0 Å². The zero-order chi connectivity index (χ0) is 29.5. The van der Waals surface area contributed by atoms with Gasteiger partial charge in [0.2, 0.25) is 0 Å². The molecule has 2 aliphatic rings. The summed E-state index contributed by atoms with van der Waals surface area (Å²) in [6.07, 6.45) is 0.226. The van der Waals surface area contributed by atoms with Crippen LogP contribution in [-0.4, -0.2) is 69.9 Å². The summed E-state index contributed by atoms with van der Waals surface area (Å²) in [5, 5.41) is 14.8. The summed E-state index contributed by atoms with van der Waals surface area (Å²) in [6.45, 7) is 8.70. The number of β-amino-alcohol motifs (C(OH)–C–C–N with tert-alkyl or cyclic N) is 1. The molecule has 0 bridgehead atoms. The van der Waals surface area contributed by atoms with Gasteiger partial charge < -0.3 is 39.0 Å². The molecule has 0 saturated carbocycles. The first-order valence-corrected chi connectivity index (χ1v) is 15.0. The molecule has 8 nitrogen and oxygen atoms in total. The summed E-state index contributed by atoms with van der Waals surface area (Å²) >= 11 is 6.37. The number of nitrogens with zero attached hydrogens (tertiary/aromatic N) is 1. The fourth-order valence-corrected chi connectivity index (χ4v) is 5.72. The predicted molar refractivity (Wildman–Crippen MR) is 165 cm³/mol. The Labute approximate surface area is 253 Å². The molecule has 5 rings (SSSR count). The number of methoxy groups -OCH3 is 1. The Hall–Kier alpha value is -3.01. The van der Waals surface area contributed by atoms with Crippen molar-refractivity contribution in [1.82, 2.24) is 5.32 Å². The van der Waals surface area contributed by atoms with Gasteiger partial charge in [-0.3, -0.25) is 0 Å². The summed E-state index contributed by atoms with van der Waals surface area (Å²) in [7, 11) is 1.73. The van der Waals surface area contributed by atoms with Crippen LogP contribution in [-0.2, 0) is 16.1 Å². The van der Waals surface area contributed by atoms with E-state index in [-0.39, 0.29) is 18.1 Å². The van der Waals surface area contributed by atoms with E-state index in [0.717, 1.165) is 48.7 Å². The van der Waals surface area contributed by atoms with Gasteiger partial charge in [0.15, 0.2) is 0 Å². The highest BCUT2D eigenvalue weighted by atomic mass is 35.5. The largest absolute Gasteiger partial charge is 0.490 e. The van der Waals surface area contributed by atoms with E-state index < -0.39 is 6.10 Å². The van der Waals surface area contributed by atoms with Gasteiger partial charge in [-0.2, -0.15) is 0 Å². The molecular formula is C33H41ClN2O6. The van der Waals surface area contributed by atoms with Crippen LogP contribution in [0.5, 0.6) is 23.0 Å². The topological polar surface area (TPSA) is 81.7 Å². The van der Waals surface area contributed by atoms with Crippen LogP contribution in [0.1, 0.15) is 37.3 Å². The summed E-state index contributed by atoms with van der Waals surface area (Å²) in [5.74, 6) is 2.66. The van der Waals surface area contributed by atoms with Crippen molar-refractivity contribution in [3.05, 3.63) is 76.8 Å². The Kier molecular flexibility index (Phi) is 10.5. The van der Waals surface area contributed by atoms with Gasteiger partial charge in [0.25, 0.3) is 0 Å². The maximum atomic E-state index is 11.0. The number of benzene rings is 3. The van der Waals surface area contributed by atoms with E-state index in [4.69, 9.17) is 35.3 Å². The zero-order valence-corrected chi connectivity index (χ0v) is 25.3. The van der Waals surface area contributed by atoms with Crippen LogP contribution >= 0.6 is 11.6 Å². The lowest BCUT2D eigenvalue weighted by Gasteiger charge is -2.36. The lowest BCUT2D eigenvalue weighted by Crippen LogP contribution is -2.49. The Bertz CT molecular complexity index is 1300. The molecule has 0 aromatic heterocycles. The fourth-order valence-electron chi connectivity index (χ4n) is 5.51. The summed E-state index contributed by atoms with van der Waals surface area (Å²) < 4.78 is 29.3. The summed E-state index contributed by atoms with van der Waals surface area (Å²) in [6, 6.07) is 19.5. The van der Waals surface area contributed by atoms with Gasteiger partial charge in [0.05, 0.1) is 42.2 Å². The molecule has 0 radical (unpaired) electrons. The molecule has 3 atom stereocenters. The van der Waals surface area contributed by atoms with E-state index in [2.05, 4.69) is 22.3 Å². The second-order valence-electron chi connectivity index (χ2n) is 11.0. The molecule has 2 aliphatic heterocycles. The van der Waals surface area contributed by atoms with Crippen molar-refractivity contribution >= 4 is 17.3 Å². The molecule has 1 fully saturated rings. The minimum atomic E-state index is -0.573. The van der Waals surface area contributed by atoms with Gasteiger partial charge in [-0.25, -0.2) is 0 Å². The van der Waals surface area contributed by atoms with Gasteiger partial charge in [0.1, 0.15) is 29.6 Å². The first-order chi connectivity index (χ1) is 20.4. The van der Waals surface area contributed by atoms with Gasteiger partial charge >= 0.3 is 0 Å². The number of nitrogens with one attached hydrogen (secondary N) is 1. The lowest BCUT2D eigenvalue weighted by molar-refractivity contribution is -0.0328. The van der Waals surface area contributed by atoms with Crippen molar-refractivity contribution in [2.24, 2.45) is 0 Å². The van der Waals surface area contributed by atoms with E-state index in [0.29, 0.717) is 48.6 Å². The minimum Gasteiger partial charge on any atom is -0.490 e. The Morgan fingerprint density at radius 2 is 1.86 bits per heavy atom. The molecule has 1 saturated heterocycles. The molecule has 3 aromatic carbocycles. The van der Waals surface area contributed by atoms with Crippen LogP contribution in [0, 0.1) is 0 Å². The van der Waals surface area contributed by atoms with Crippen molar-refractivity contribution in [2.75, 3.05) is 51.4 Å². The fraction of sp³-hybridized carbons (Fsp3) is 0.455. The smallest absolute Gasteiger partial charge is 0.142 e. The minimum absolute atomic E-state index is 0.0363. The molecule has 226 valence electrons. The second kappa shape index (κ2) is 14.4. The highest BCUT2D eigenvalue weighted by molar-refractivity contribution is 6.32. The third kappa shape index (κ3) is 7.68. The van der Waals surface area contributed by atoms with Gasteiger partial charge in [0, 0.05) is 45.3 Å². The highest BCUT2D eigenvalue weighted by Gasteiger charge is 2.34. The van der Waals surface area contributed by atoms with Crippen molar-refractivity contribution in [2.45, 2.75) is 51.1 Å². The Morgan fingerprint density at radius 1 is 1.05 bits per heavy atom. The third-order valence-electron chi connectivity index (χ3n) is 7.50. The molecule has 2 N–H and O–H groups in total. The van der Waals surface area contributed by atoms with Crippen LogP contribution in [0.3, 0.4) is 0 Å². The molecular weight excluding hydrogens is 556 g/mol. The van der Waals surface area contributed by atoms with E-state index in [1.165, 1.54) is 0 Å². The number of hydrogen-bond donors (Lipinski definition) is 2. The molecule has 9 heteroatoms. The third-order valence-corrected chi connectivity index (χ3v) is 7.80. The predicted octanol–water partition coefficient (Wildman–Crippen LogP) is 5.79. The van der Waals surface area contributed by atoms with Crippen LogP contribution in [0.2, 0.25) is 5.02 Å². The standard InChI is InChI=1S/C33H41ClN2O6/c1-22(2)41-30-12-10-26(18-27(30)34)42-25-8-6-24(7-9-25)33-29(37)19-35-20-32(33)40-21-23-5-11-31-28(17-23)36(14-16-39-31)13-4-15-38-3/h5-12,17-18,22,29,32-33,35,37H,4,13-16,19-21H2,1-3H3/t29-,32+,33+/m1/s1. The molecule has 0 amide bonds. The van der Waals surface area contributed by atoms with Crippen LogP contribution in [0.4, 0.5) is 5.69 Å². The maximum absolute atomic E-state index is 11.0. The average molecular weight is 597 g/mol. The van der Waals surface area contributed by atoms with Gasteiger partial charge in [-0.1, -0.05) is 29.8 Å². The van der Waals surface area contributed by atoms with Crippen LogP contribution in [0.15, 0.2) is 60.7 Å². The zero-order valence-electron chi connectivity index (χ0n) is 24.6. The quantitative estimate of drug-likeness (QED) is 0.254. The molecule has 2 heterocycles. The maximum Gasteiger partial charge on any atom is 0.142 e. The van der Waals surface area contributed by atoms with E-state index >= 15 is 0 Å². The number of aliphatic hydroxyl groups excluding tert-OH is 1. The van der Waals surface area contributed by atoms with Gasteiger partial charge in [-0.15, -0.1) is 0 Å². The Balaban J connectivity index is 1.24. The number of fused-ring (bicyclic) bond motifs is 1. The average Bonchev–Trinajstić information content (AvgIpc) is 2.98. The number of aliphatic hydroxyl groups is 1. The van der Waals surface area contributed by atoms with E-state index in [9.17, 15) is 5.11 Å². The van der Waals surface area contributed by atoms with E-state index in [1.54, 1.807) is 13.2 Å². The number of rotatable bonds is 12. The first-order valence-electron chi connectivity index (χ1n) is 14.7. The number of anilines is 1. The second-order valence-corrected chi connectivity index (χ2v) is 11.4. The van der Waals surface area contributed by atoms with Crippen molar-refractivity contribution < 1.29 is 28.8 Å². The molecule has 42 heavy (non-hydrogen) atoms. The molecule has 3 aromatic rings. The van der Waals surface area contributed by atoms with Crippen LogP contribution in [0.25, 0.3) is 0 Å². The van der Waals surface area contributed by atoms with Crippen molar-refractivity contribution in [3.63, 3.8) is 0 Å².